The van der Waals surface area contributed by atoms with Crippen molar-refractivity contribution in [2.45, 2.75) is 75.7 Å². The van der Waals surface area contributed by atoms with Crippen molar-refractivity contribution in [1.29, 1.82) is 0 Å². The van der Waals surface area contributed by atoms with Gasteiger partial charge >= 0.3 is 6.09 Å². The van der Waals surface area contributed by atoms with E-state index in [1.807, 2.05) is 12.1 Å². The van der Waals surface area contributed by atoms with Gasteiger partial charge in [0.05, 0.1) is 23.7 Å². The zero-order valence-corrected chi connectivity index (χ0v) is 23.7. The molecular formula is C29H32Cl2N2O6. The second-order valence-electron chi connectivity index (χ2n) is 10.9. The molecule has 0 radical (unpaired) electrons. The largest absolute Gasteiger partial charge is 0.444 e. The number of imide groups is 1. The highest BCUT2D eigenvalue weighted by Crippen LogP contribution is 2.50. The molecule has 2 aromatic carbocycles. The molecule has 2 aliphatic carbocycles. The van der Waals surface area contributed by atoms with Gasteiger partial charge in [-0.1, -0.05) is 47.5 Å². The van der Waals surface area contributed by atoms with Crippen LogP contribution in [0.15, 0.2) is 48.5 Å². The molecule has 0 atom stereocenters. The zero-order valence-electron chi connectivity index (χ0n) is 22.1. The molecule has 0 bridgehead atoms. The second-order valence-corrected chi connectivity index (χ2v) is 11.8. The van der Waals surface area contributed by atoms with Crippen LogP contribution in [0.2, 0.25) is 10.0 Å². The number of ketones is 2. The average Bonchev–Trinajstić information content (AvgIpc) is 3.73. The first kappa shape index (κ1) is 30.3. The Morgan fingerprint density at radius 2 is 1.15 bits per heavy atom. The molecule has 3 amide bonds. The SMILES string of the molecule is CC(C)(C)OC(=O)NC(=O)CC(=O)C1(c2ccc(Cl)cc2)CC1.NC(=O)CC(=O)C1(c2ccc(Cl)cc2)CC1. The number of halogens is 2. The molecule has 4 rings (SSSR count). The van der Waals surface area contributed by atoms with Crippen LogP contribution in [0.25, 0.3) is 0 Å². The fourth-order valence-electron chi connectivity index (χ4n) is 4.35. The molecular weight excluding hydrogens is 543 g/mol. The number of ether oxygens (including phenoxy) is 1. The van der Waals surface area contributed by atoms with Crippen molar-refractivity contribution in [2.24, 2.45) is 5.73 Å². The number of nitrogens with two attached hydrogens (primary N) is 1. The Labute approximate surface area is 237 Å². The first-order chi connectivity index (χ1) is 18.2. The standard InChI is InChI=1S/C17H20ClNO4.C12H12ClNO2/c1-16(2,3)23-15(22)19-14(21)10-13(20)17(8-9-17)11-4-6-12(18)7-5-11;13-9-3-1-8(2-4-9)12(5-6-12)10(15)7-11(14)16/h4-7H,8-10H2,1-3H3,(H,19,21,22);1-4H,5-7H2,(H2,14,16). The molecule has 2 aromatic rings. The predicted molar refractivity (Wildman–Crippen MR) is 148 cm³/mol. The van der Waals surface area contributed by atoms with Crippen LogP contribution in [-0.2, 0) is 34.7 Å². The number of hydrogen-bond donors (Lipinski definition) is 2. The molecule has 0 saturated heterocycles. The van der Waals surface area contributed by atoms with Crippen molar-refractivity contribution in [1.82, 2.24) is 5.32 Å². The van der Waals surface area contributed by atoms with Gasteiger partial charge < -0.3 is 10.5 Å². The van der Waals surface area contributed by atoms with Gasteiger partial charge in [-0.05, 0) is 81.8 Å². The number of hydrogen-bond acceptors (Lipinski definition) is 6. The van der Waals surface area contributed by atoms with Gasteiger partial charge in [0.15, 0.2) is 11.6 Å². The van der Waals surface area contributed by atoms with Crippen molar-refractivity contribution in [3.8, 4) is 0 Å². The second kappa shape index (κ2) is 11.9. The molecule has 0 spiro atoms. The van der Waals surface area contributed by atoms with Crippen LogP contribution in [0.5, 0.6) is 0 Å². The summed E-state index contributed by atoms with van der Waals surface area (Å²) in [6, 6.07) is 14.3. The molecule has 2 fully saturated rings. The summed E-state index contributed by atoms with van der Waals surface area (Å²) in [6.07, 6.45) is 1.62. The zero-order chi connectivity index (χ0) is 29.0. The Balaban J connectivity index is 0.000000230. The van der Waals surface area contributed by atoms with Crippen molar-refractivity contribution < 1.29 is 28.7 Å². The fourth-order valence-corrected chi connectivity index (χ4v) is 4.60. The number of rotatable bonds is 8. The Bertz CT molecular complexity index is 1260. The van der Waals surface area contributed by atoms with E-state index < -0.39 is 34.3 Å². The van der Waals surface area contributed by atoms with Crippen LogP contribution in [0.1, 0.15) is 70.4 Å². The van der Waals surface area contributed by atoms with Crippen molar-refractivity contribution in [3.05, 3.63) is 69.7 Å². The molecule has 39 heavy (non-hydrogen) atoms. The molecule has 0 aromatic heterocycles. The lowest BCUT2D eigenvalue weighted by Crippen LogP contribution is -2.38. The van der Waals surface area contributed by atoms with Gasteiger partial charge in [-0.3, -0.25) is 24.5 Å². The van der Waals surface area contributed by atoms with E-state index in [0.717, 1.165) is 24.0 Å². The smallest absolute Gasteiger partial charge is 0.414 e. The van der Waals surface area contributed by atoms with E-state index in [2.05, 4.69) is 5.32 Å². The van der Waals surface area contributed by atoms with E-state index in [9.17, 15) is 24.0 Å². The summed E-state index contributed by atoms with van der Waals surface area (Å²) < 4.78 is 4.99. The highest BCUT2D eigenvalue weighted by atomic mass is 35.5. The van der Waals surface area contributed by atoms with E-state index in [1.54, 1.807) is 57.2 Å². The maximum absolute atomic E-state index is 12.4. The quantitative estimate of drug-likeness (QED) is 0.416. The monoisotopic (exact) mass is 574 g/mol. The van der Waals surface area contributed by atoms with Gasteiger partial charge in [0.1, 0.15) is 5.60 Å². The van der Waals surface area contributed by atoms with Crippen LogP contribution in [-0.4, -0.2) is 35.1 Å². The van der Waals surface area contributed by atoms with Crippen LogP contribution >= 0.6 is 23.2 Å². The van der Waals surface area contributed by atoms with Crippen molar-refractivity contribution in [2.75, 3.05) is 0 Å². The first-order valence-electron chi connectivity index (χ1n) is 12.6. The number of Topliss-reactive ketones (excluding diaryl/α,β-unsaturated/α-hetero) is 2. The topological polar surface area (TPSA) is 133 Å². The summed E-state index contributed by atoms with van der Waals surface area (Å²) in [5.41, 5.74) is 5.04. The lowest BCUT2D eigenvalue weighted by molar-refractivity contribution is -0.130. The number of amides is 3. The number of carbonyl (C=O) groups is 5. The van der Waals surface area contributed by atoms with E-state index in [0.29, 0.717) is 22.9 Å². The highest BCUT2D eigenvalue weighted by molar-refractivity contribution is 6.30. The fraction of sp³-hybridized carbons (Fsp3) is 0.414. The number of nitrogens with one attached hydrogen (secondary N) is 1. The Morgan fingerprint density at radius 3 is 1.49 bits per heavy atom. The van der Waals surface area contributed by atoms with Crippen LogP contribution in [0.3, 0.4) is 0 Å². The Morgan fingerprint density at radius 1 is 0.769 bits per heavy atom. The molecule has 0 heterocycles. The van der Waals surface area contributed by atoms with Gasteiger partial charge in [0.2, 0.25) is 11.8 Å². The third-order valence-electron chi connectivity index (χ3n) is 6.66. The van der Waals surface area contributed by atoms with Gasteiger partial charge in [-0.15, -0.1) is 0 Å². The molecule has 2 aliphatic rings. The summed E-state index contributed by atoms with van der Waals surface area (Å²) in [5, 5.41) is 3.32. The molecule has 2 saturated carbocycles. The molecule has 10 heteroatoms. The number of carbonyl (C=O) groups excluding carboxylic acids is 5. The summed E-state index contributed by atoms with van der Waals surface area (Å²) in [6.45, 7) is 5.09. The minimum atomic E-state index is -0.841. The van der Waals surface area contributed by atoms with Gasteiger partial charge in [0.25, 0.3) is 0 Å². The minimum Gasteiger partial charge on any atom is -0.444 e. The lowest BCUT2D eigenvalue weighted by atomic mass is 9.89. The minimum absolute atomic E-state index is 0.0812. The van der Waals surface area contributed by atoms with E-state index >= 15 is 0 Å². The van der Waals surface area contributed by atoms with Gasteiger partial charge in [0, 0.05) is 10.0 Å². The first-order valence-corrected chi connectivity index (χ1v) is 13.3. The maximum Gasteiger partial charge on any atom is 0.414 e. The molecule has 8 nitrogen and oxygen atoms in total. The third-order valence-corrected chi connectivity index (χ3v) is 7.16. The average molecular weight is 575 g/mol. The van der Waals surface area contributed by atoms with E-state index in [-0.39, 0.29) is 24.4 Å². The number of benzene rings is 2. The third kappa shape index (κ3) is 8.13. The molecule has 3 N–H and O–H groups in total. The van der Waals surface area contributed by atoms with Crippen molar-refractivity contribution >= 4 is 52.7 Å². The Hall–Kier alpha value is -3.23. The lowest BCUT2D eigenvalue weighted by Gasteiger charge is -2.19. The number of primary amides is 1. The Kier molecular flexibility index (Phi) is 9.23. The van der Waals surface area contributed by atoms with E-state index in [4.69, 9.17) is 33.7 Å². The predicted octanol–water partition coefficient (Wildman–Crippen LogP) is 5.20. The highest BCUT2D eigenvalue weighted by Gasteiger charge is 2.51. The van der Waals surface area contributed by atoms with Crippen LogP contribution in [0.4, 0.5) is 4.79 Å². The number of alkyl carbamates (subject to hydrolysis) is 1. The van der Waals surface area contributed by atoms with Gasteiger partial charge in [-0.25, -0.2) is 4.79 Å². The van der Waals surface area contributed by atoms with Crippen LogP contribution < -0.4 is 11.1 Å². The summed E-state index contributed by atoms with van der Waals surface area (Å²) in [5.74, 6) is -1.49. The summed E-state index contributed by atoms with van der Waals surface area (Å²) in [4.78, 5) is 58.5. The molecule has 0 aliphatic heterocycles. The molecule has 0 unspecified atom stereocenters. The van der Waals surface area contributed by atoms with Crippen molar-refractivity contribution in [3.63, 3.8) is 0 Å². The summed E-state index contributed by atoms with van der Waals surface area (Å²) in [7, 11) is 0. The van der Waals surface area contributed by atoms with E-state index in [1.165, 1.54) is 0 Å². The summed E-state index contributed by atoms with van der Waals surface area (Å²) >= 11 is 11.6. The van der Waals surface area contributed by atoms with Gasteiger partial charge in [-0.2, -0.15) is 0 Å². The molecule has 208 valence electrons. The van der Waals surface area contributed by atoms with Crippen LogP contribution in [0, 0.1) is 0 Å². The normalized spacial score (nSPS) is 16.1. The maximum atomic E-state index is 12.4.